The molecule has 0 saturated heterocycles. The van der Waals surface area contributed by atoms with Gasteiger partial charge in [0.2, 0.25) is 0 Å². The van der Waals surface area contributed by atoms with Crippen molar-refractivity contribution in [3.63, 3.8) is 0 Å². The lowest BCUT2D eigenvalue weighted by molar-refractivity contribution is -0.0254. The van der Waals surface area contributed by atoms with Crippen LogP contribution in [-0.2, 0) is 9.47 Å². The number of rotatable bonds is 9. The Hall–Kier alpha value is -0.120. The summed E-state index contributed by atoms with van der Waals surface area (Å²) in [4.78, 5) is 0. The van der Waals surface area contributed by atoms with Crippen LogP contribution in [0.3, 0.4) is 0 Å². The molecule has 3 unspecified atom stereocenters. The topological polar surface area (TPSA) is 30.5 Å². The Bertz CT molecular complexity index is 221. The molecule has 3 heteroatoms. The van der Waals surface area contributed by atoms with Crippen LogP contribution in [0, 0.1) is 17.8 Å². The molecular weight excluding hydrogens is 238 g/mol. The highest BCUT2D eigenvalue weighted by atomic mass is 16.5. The fourth-order valence-corrected chi connectivity index (χ4v) is 2.90. The van der Waals surface area contributed by atoms with E-state index in [0.717, 1.165) is 50.5 Å². The fraction of sp³-hybridized carbons (Fsp3) is 1.00. The smallest absolute Gasteiger partial charge is 0.0604 e. The summed E-state index contributed by atoms with van der Waals surface area (Å²) in [5, 5.41) is 3.40. The molecule has 0 amide bonds. The summed E-state index contributed by atoms with van der Waals surface area (Å²) < 4.78 is 11.1. The quantitative estimate of drug-likeness (QED) is 0.654. The molecule has 1 saturated carbocycles. The first-order valence-electron chi connectivity index (χ1n) is 7.96. The highest BCUT2D eigenvalue weighted by molar-refractivity contribution is 4.80. The third kappa shape index (κ3) is 6.73. The maximum atomic E-state index is 6.09. The minimum absolute atomic E-state index is 0.474. The molecule has 19 heavy (non-hydrogen) atoms. The van der Waals surface area contributed by atoms with Crippen LogP contribution >= 0.6 is 0 Å². The Balaban J connectivity index is 2.09. The molecule has 0 heterocycles. The lowest BCUT2D eigenvalue weighted by Crippen LogP contribution is -2.34. The molecule has 3 atom stereocenters. The normalized spacial score (nSPS) is 27.9. The minimum atomic E-state index is 0.474. The standard InChI is InChI=1S/C16H33NO2/c1-13(2)15-7-6-14(3)16(12-15)19-11-9-17-8-5-10-18-4/h13-17H,5-12H2,1-4H3. The average Bonchev–Trinajstić information content (AvgIpc) is 2.39. The summed E-state index contributed by atoms with van der Waals surface area (Å²) in [7, 11) is 1.75. The minimum Gasteiger partial charge on any atom is -0.385 e. The summed E-state index contributed by atoms with van der Waals surface area (Å²) in [5.74, 6) is 2.38. The lowest BCUT2D eigenvalue weighted by Gasteiger charge is -2.36. The largest absolute Gasteiger partial charge is 0.385 e. The fourth-order valence-electron chi connectivity index (χ4n) is 2.90. The molecule has 1 aliphatic carbocycles. The predicted octanol–water partition coefficient (Wildman–Crippen LogP) is 3.09. The summed E-state index contributed by atoms with van der Waals surface area (Å²) in [6.45, 7) is 10.7. The van der Waals surface area contributed by atoms with E-state index in [4.69, 9.17) is 9.47 Å². The van der Waals surface area contributed by atoms with Crippen molar-refractivity contribution in [2.75, 3.05) is 33.4 Å². The van der Waals surface area contributed by atoms with Gasteiger partial charge >= 0.3 is 0 Å². The summed E-state index contributed by atoms with van der Waals surface area (Å²) in [5.41, 5.74) is 0. The van der Waals surface area contributed by atoms with Gasteiger partial charge in [0.15, 0.2) is 0 Å². The van der Waals surface area contributed by atoms with Crippen molar-refractivity contribution < 1.29 is 9.47 Å². The van der Waals surface area contributed by atoms with Crippen LogP contribution in [0.25, 0.3) is 0 Å². The lowest BCUT2D eigenvalue weighted by atomic mass is 9.76. The third-order valence-electron chi connectivity index (χ3n) is 4.42. The molecule has 0 bridgehead atoms. The SMILES string of the molecule is COCCCNCCOC1CC(C(C)C)CCC1C. The Kier molecular flexibility index (Phi) is 8.67. The van der Waals surface area contributed by atoms with Gasteiger partial charge in [-0.05, 0) is 50.0 Å². The van der Waals surface area contributed by atoms with Crippen molar-refractivity contribution in [1.29, 1.82) is 0 Å². The zero-order valence-corrected chi connectivity index (χ0v) is 13.3. The summed E-state index contributed by atoms with van der Waals surface area (Å²) in [6, 6.07) is 0. The molecule has 0 aromatic heterocycles. The highest BCUT2D eigenvalue weighted by Crippen LogP contribution is 2.34. The van der Waals surface area contributed by atoms with Crippen LogP contribution in [0.5, 0.6) is 0 Å². The van der Waals surface area contributed by atoms with Crippen molar-refractivity contribution in [2.45, 2.75) is 52.6 Å². The molecule has 0 spiro atoms. The van der Waals surface area contributed by atoms with Crippen LogP contribution in [0.4, 0.5) is 0 Å². The Morgan fingerprint density at radius 2 is 1.95 bits per heavy atom. The van der Waals surface area contributed by atoms with Crippen molar-refractivity contribution in [2.24, 2.45) is 17.8 Å². The number of hydrogen-bond acceptors (Lipinski definition) is 3. The van der Waals surface area contributed by atoms with Crippen molar-refractivity contribution in [3.8, 4) is 0 Å². The van der Waals surface area contributed by atoms with Gasteiger partial charge in [-0.15, -0.1) is 0 Å². The number of ether oxygens (including phenoxy) is 2. The monoisotopic (exact) mass is 271 g/mol. The Morgan fingerprint density at radius 3 is 2.63 bits per heavy atom. The summed E-state index contributed by atoms with van der Waals surface area (Å²) >= 11 is 0. The van der Waals surface area contributed by atoms with E-state index in [2.05, 4.69) is 26.1 Å². The van der Waals surface area contributed by atoms with Crippen LogP contribution in [0.1, 0.15) is 46.5 Å². The van der Waals surface area contributed by atoms with Crippen molar-refractivity contribution >= 4 is 0 Å². The van der Waals surface area contributed by atoms with Crippen molar-refractivity contribution in [3.05, 3.63) is 0 Å². The van der Waals surface area contributed by atoms with Gasteiger partial charge in [0.1, 0.15) is 0 Å². The number of hydrogen-bond donors (Lipinski definition) is 1. The first-order valence-corrected chi connectivity index (χ1v) is 7.96. The molecule has 3 nitrogen and oxygen atoms in total. The molecule has 0 aromatic rings. The first-order chi connectivity index (χ1) is 9.15. The maximum Gasteiger partial charge on any atom is 0.0604 e. The van der Waals surface area contributed by atoms with Gasteiger partial charge in [0.05, 0.1) is 12.7 Å². The van der Waals surface area contributed by atoms with Gasteiger partial charge in [0, 0.05) is 20.3 Å². The third-order valence-corrected chi connectivity index (χ3v) is 4.42. The zero-order valence-electron chi connectivity index (χ0n) is 13.3. The maximum absolute atomic E-state index is 6.09. The molecular formula is C16H33NO2. The van der Waals surface area contributed by atoms with E-state index in [1.165, 1.54) is 19.3 Å². The van der Waals surface area contributed by atoms with E-state index in [0.29, 0.717) is 6.10 Å². The van der Waals surface area contributed by atoms with Gasteiger partial charge in [-0.2, -0.15) is 0 Å². The van der Waals surface area contributed by atoms with E-state index in [1.807, 2.05) is 0 Å². The van der Waals surface area contributed by atoms with E-state index in [9.17, 15) is 0 Å². The second kappa shape index (κ2) is 9.73. The molecule has 1 rings (SSSR count). The van der Waals surface area contributed by atoms with Crippen LogP contribution in [0.15, 0.2) is 0 Å². The Labute approximate surface area is 119 Å². The van der Waals surface area contributed by atoms with Gasteiger partial charge in [-0.3, -0.25) is 0 Å². The van der Waals surface area contributed by atoms with Gasteiger partial charge in [0.25, 0.3) is 0 Å². The van der Waals surface area contributed by atoms with Gasteiger partial charge in [-0.1, -0.05) is 20.8 Å². The molecule has 0 aliphatic heterocycles. The average molecular weight is 271 g/mol. The van der Waals surface area contributed by atoms with E-state index in [1.54, 1.807) is 7.11 Å². The predicted molar refractivity (Wildman–Crippen MR) is 80.4 cm³/mol. The molecule has 0 radical (unpaired) electrons. The molecule has 0 aromatic carbocycles. The van der Waals surface area contributed by atoms with E-state index < -0.39 is 0 Å². The van der Waals surface area contributed by atoms with Crippen molar-refractivity contribution in [1.82, 2.24) is 5.32 Å². The zero-order chi connectivity index (χ0) is 14.1. The first kappa shape index (κ1) is 16.9. The van der Waals surface area contributed by atoms with Crippen LogP contribution in [-0.4, -0.2) is 39.5 Å². The van der Waals surface area contributed by atoms with Crippen LogP contribution < -0.4 is 5.32 Å². The Morgan fingerprint density at radius 1 is 1.16 bits per heavy atom. The molecule has 1 fully saturated rings. The number of methoxy groups -OCH3 is 1. The van der Waals surface area contributed by atoms with Crippen LogP contribution in [0.2, 0.25) is 0 Å². The highest BCUT2D eigenvalue weighted by Gasteiger charge is 2.29. The summed E-state index contributed by atoms with van der Waals surface area (Å²) in [6.07, 6.45) is 5.51. The number of nitrogens with one attached hydrogen (secondary N) is 1. The molecule has 1 N–H and O–H groups in total. The van der Waals surface area contributed by atoms with Gasteiger partial charge in [-0.25, -0.2) is 0 Å². The van der Waals surface area contributed by atoms with E-state index in [-0.39, 0.29) is 0 Å². The second-order valence-electron chi connectivity index (χ2n) is 6.30. The van der Waals surface area contributed by atoms with Gasteiger partial charge < -0.3 is 14.8 Å². The second-order valence-corrected chi connectivity index (χ2v) is 6.30. The molecule has 1 aliphatic rings. The van der Waals surface area contributed by atoms with E-state index >= 15 is 0 Å². The molecule has 114 valence electrons.